The van der Waals surface area contributed by atoms with Gasteiger partial charge in [0.25, 0.3) is 0 Å². The van der Waals surface area contributed by atoms with E-state index in [1.54, 1.807) is 14.2 Å². The molecule has 2 heterocycles. The highest BCUT2D eigenvalue weighted by Crippen LogP contribution is 2.36. The third-order valence-corrected chi connectivity index (χ3v) is 5.61. The first-order chi connectivity index (χ1) is 14.6. The van der Waals surface area contributed by atoms with Crippen molar-refractivity contribution >= 4 is 46.5 Å². The van der Waals surface area contributed by atoms with Gasteiger partial charge in [-0.25, -0.2) is 0 Å². The van der Waals surface area contributed by atoms with Crippen molar-refractivity contribution in [1.29, 1.82) is 0 Å². The topological polar surface area (TPSA) is 44.2 Å². The molecule has 32 heavy (non-hydrogen) atoms. The summed E-state index contributed by atoms with van der Waals surface area (Å²) in [5.74, 6) is 1.49. The molecule has 0 atom stereocenters. The maximum atomic E-state index is 5.59. The van der Waals surface area contributed by atoms with E-state index in [0.29, 0.717) is 0 Å². The number of aromatic nitrogens is 2. The summed E-state index contributed by atoms with van der Waals surface area (Å²) in [5, 5.41) is 3.49. The molecule has 0 aliphatic rings. The van der Waals surface area contributed by atoms with Gasteiger partial charge in [-0.05, 0) is 73.0 Å². The Morgan fingerprint density at radius 2 is 1.59 bits per heavy atom. The van der Waals surface area contributed by atoms with Crippen molar-refractivity contribution < 1.29 is 9.47 Å². The lowest BCUT2D eigenvalue weighted by Gasteiger charge is -2.15. The van der Waals surface area contributed by atoms with E-state index in [-0.39, 0.29) is 24.8 Å². The van der Waals surface area contributed by atoms with Gasteiger partial charge in [0.2, 0.25) is 0 Å². The fraction of sp³-hybridized carbons (Fsp3) is 0.308. The number of ether oxygens (including phenoxy) is 2. The summed E-state index contributed by atoms with van der Waals surface area (Å²) in [5.41, 5.74) is 5.62. The van der Waals surface area contributed by atoms with Crippen LogP contribution in [0.25, 0.3) is 21.7 Å². The van der Waals surface area contributed by atoms with Gasteiger partial charge in [-0.1, -0.05) is 25.5 Å². The molecule has 6 heteroatoms. The molecule has 0 radical (unpaired) electrons. The van der Waals surface area contributed by atoms with Crippen LogP contribution in [0.5, 0.6) is 11.5 Å². The number of fused-ring (bicyclic) bond motifs is 2. The number of benzene rings is 2. The number of halogens is 2. The smallest absolute Gasteiger partial charge is 0.161 e. The van der Waals surface area contributed by atoms with Crippen LogP contribution in [0.1, 0.15) is 42.3 Å². The maximum absolute atomic E-state index is 5.59. The van der Waals surface area contributed by atoms with Crippen molar-refractivity contribution in [3.05, 3.63) is 71.2 Å². The highest BCUT2D eigenvalue weighted by molar-refractivity contribution is 5.91. The zero-order chi connectivity index (χ0) is 21.1. The molecule has 0 saturated carbocycles. The van der Waals surface area contributed by atoms with Crippen LogP contribution in [0.15, 0.2) is 48.7 Å². The molecule has 2 aromatic heterocycles. The molecule has 0 spiro atoms. The molecule has 0 aliphatic heterocycles. The number of hydrogen-bond donors (Lipinski definition) is 0. The molecule has 0 fully saturated rings. The van der Waals surface area contributed by atoms with E-state index < -0.39 is 0 Å². The summed E-state index contributed by atoms with van der Waals surface area (Å²) in [7, 11) is 3.36. The van der Waals surface area contributed by atoms with Crippen molar-refractivity contribution in [2.45, 2.75) is 39.5 Å². The molecule has 4 rings (SSSR count). The third-order valence-electron chi connectivity index (χ3n) is 5.61. The highest BCUT2D eigenvalue weighted by atomic mass is 35.5. The van der Waals surface area contributed by atoms with Crippen molar-refractivity contribution in [2.75, 3.05) is 14.2 Å². The number of pyridine rings is 2. The zero-order valence-electron chi connectivity index (χ0n) is 19.0. The van der Waals surface area contributed by atoms with Crippen LogP contribution in [0.2, 0.25) is 0 Å². The molecule has 0 aliphatic carbocycles. The van der Waals surface area contributed by atoms with Gasteiger partial charge in [-0.2, -0.15) is 0 Å². The summed E-state index contributed by atoms with van der Waals surface area (Å²) >= 11 is 0. The molecule has 4 nitrogen and oxygen atoms in total. The Bertz CT molecular complexity index is 1210. The predicted octanol–water partition coefficient (Wildman–Crippen LogP) is 6.89. The summed E-state index contributed by atoms with van der Waals surface area (Å²) < 4.78 is 11.1. The Morgan fingerprint density at radius 1 is 0.875 bits per heavy atom. The first-order valence-electron chi connectivity index (χ1n) is 10.5. The number of aryl methyl sites for hydroxylation is 2. The van der Waals surface area contributed by atoms with Gasteiger partial charge in [-0.15, -0.1) is 24.8 Å². The largest absolute Gasteiger partial charge is 0.493 e. The van der Waals surface area contributed by atoms with Crippen molar-refractivity contribution in [2.24, 2.45) is 0 Å². The quantitative estimate of drug-likeness (QED) is 0.293. The molecule has 170 valence electrons. The Balaban J connectivity index is 0.00000181. The zero-order valence-corrected chi connectivity index (χ0v) is 20.6. The van der Waals surface area contributed by atoms with Crippen LogP contribution >= 0.6 is 24.8 Å². The average Bonchev–Trinajstić information content (AvgIpc) is 2.77. The van der Waals surface area contributed by atoms with Crippen molar-refractivity contribution in [3.63, 3.8) is 0 Å². The minimum Gasteiger partial charge on any atom is -0.493 e. The van der Waals surface area contributed by atoms with Gasteiger partial charge in [0.1, 0.15) is 0 Å². The second kappa shape index (κ2) is 11.3. The monoisotopic (exact) mass is 472 g/mol. The molecule has 0 amide bonds. The minimum atomic E-state index is 0. The van der Waals surface area contributed by atoms with Gasteiger partial charge in [0.05, 0.1) is 19.7 Å². The average molecular weight is 473 g/mol. The fourth-order valence-corrected chi connectivity index (χ4v) is 3.97. The molecule has 0 N–H and O–H groups in total. The van der Waals surface area contributed by atoms with Gasteiger partial charge in [0.15, 0.2) is 11.5 Å². The lowest BCUT2D eigenvalue weighted by Crippen LogP contribution is -2.00. The van der Waals surface area contributed by atoms with E-state index in [2.05, 4.69) is 54.4 Å². The molecule has 0 unspecified atom stereocenters. The van der Waals surface area contributed by atoms with Gasteiger partial charge in [0, 0.05) is 28.4 Å². The molecule has 0 saturated heterocycles. The highest BCUT2D eigenvalue weighted by Gasteiger charge is 2.14. The van der Waals surface area contributed by atoms with E-state index >= 15 is 0 Å². The van der Waals surface area contributed by atoms with Crippen LogP contribution in [-0.4, -0.2) is 24.2 Å². The number of methoxy groups -OCH3 is 2. The van der Waals surface area contributed by atoms with Gasteiger partial charge >= 0.3 is 0 Å². The summed E-state index contributed by atoms with van der Waals surface area (Å²) in [6, 6.07) is 14.8. The predicted molar refractivity (Wildman–Crippen MR) is 137 cm³/mol. The van der Waals surface area contributed by atoms with E-state index in [0.717, 1.165) is 64.9 Å². The normalized spacial score (nSPS) is 10.5. The number of unbranched alkanes of at least 4 members (excludes halogenated alkanes) is 1. The Morgan fingerprint density at radius 3 is 2.28 bits per heavy atom. The van der Waals surface area contributed by atoms with Gasteiger partial charge in [-0.3, -0.25) is 9.97 Å². The Labute approximate surface area is 202 Å². The SMILES string of the molecule is CCCCc1ncc(Cc2ccc3nc(C)ccc3c2)c2cc(OC)c(OC)cc12.Cl.Cl. The first-order valence-corrected chi connectivity index (χ1v) is 10.5. The Kier molecular flexibility index (Phi) is 9.11. The lowest BCUT2D eigenvalue weighted by atomic mass is 9.96. The molecule has 0 bridgehead atoms. The number of nitrogens with zero attached hydrogens (tertiary/aromatic N) is 2. The van der Waals surface area contributed by atoms with E-state index in [9.17, 15) is 0 Å². The van der Waals surface area contributed by atoms with Crippen LogP contribution in [0.4, 0.5) is 0 Å². The molecular weight excluding hydrogens is 443 g/mol. The second-order valence-electron chi connectivity index (χ2n) is 7.74. The standard InChI is InChI=1S/C26H28N2O2.2ClH/c1-5-6-7-24-22-15-26(30-4)25(29-3)14-21(22)20(16-27-24)13-18-9-11-23-19(12-18)10-8-17(2)28-23;;/h8-12,14-16H,5-7,13H2,1-4H3;2*1H. The van der Waals surface area contributed by atoms with Gasteiger partial charge < -0.3 is 9.47 Å². The second-order valence-corrected chi connectivity index (χ2v) is 7.74. The molecule has 4 aromatic rings. The number of rotatable bonds is 7. The minimum absolute atomic E-state index is 0. The van der Waals surface area contributed by atoms with Crippen molar-refractivity contribution in [3.8, 4) is 11.5 Å². The number of hydrogen-bond acceptors (Lipinski definition) is 4. The van der Waals surface area contributed by atoms with Crippen LogP contribution in [0, 0.1) is 6.92 Å². The van der Waals surface area contributed by atoms with E-state index in [1.165, 1.54) is 16.5 Å². The van der Waals surface area contributed by atoms with Crippen LogP contribution in [0.3, 0.4) is 0 Å². The third kappa shape index (κ3) is 5.25. The summed E-state index contributed by atoms with van der Waals surface area (Å²) in [6.07, 6.45) is 6.05. The van der Waals surface area contributed by atoms with E-state index in [1.807, 2.05) is 13.1 Å². The van der Waals surface area contributed by atoms with E-state index in [4.69, 9.17) is 14.5 Å². The van der Waals surface area contributed by atoms with Crippen molar-refractivity contribution in [1.82, 2.24) is 9.97 Å². The maximum Gasteiger partial charge on any atom is 0.161 e. The molecular formula is C26H30Cl2N2O2. The van der Waals surface area contributed by atoms with Crippen LogP contribution < -0.4 is 9.47 Å². The fourth-order valence-electron chi connectivity index (χ4n) is 3.97. The Hall–Kier alpha value is -2.56. The first kappa shape index (κ1) is 25.7. The van der Waals surface area contributed by atoms with Crippen LogP contribution in [-0.2, 0) is 12.8 Å². The lowest BCUT2D eigenvalue weighted by molar-refractivity contribution is 0.356. The molecule has 2 aromatic carbocycles. The summed E-state index contributed by atoms with van der Waals surface area (Å²) in [4.78, 5) is 9.45. The summed E-state index contributed by atoms with van der Waals surface area (Å²) in [6.45, 7) is 4.23.